The zero-order chi connectivity index (χ0) is 18.0. The fourth-order valence-corrected chi connectivity index (χ4v) is 1.38. The van der Waals surface area contributed by atoms with Crippen LogP contribution >= 0.6 is 0 Å². The summed E-state index contributed by atoms with van der Waals surface area (Å²) in [5.41, 5.74) is -1.95. The third-order valence-corrected chi connectivity index (χ3v) is 2.29. The molecule has 124 valence electrons. The SMILES string of the molecule is O=[N+]([O-])c1cn(/N=N/n2cc([N+](=O)[O-])c([N+](=O)[O-])n2)nc1[N+](=O)[O-]. The molecule has 24 heavy (non-hydrogen) atoms. The number of nitro groups is 4. The summed E-state index contributed by atoms with van der Waals surface area (Å²) in [4.78, 5) is 38.7. The third-order valence-electron chi connectivity index (χ3n) is 2.29. The van der Waals surface area contributed by atoms with Crippen LogP contribution in [0.5, 0.6) is 0 Å². The van der Waals surface area contributed by atoms with Gasteiger partial charge in [0.2, 0.25) is 0 Å². The number of aromatic nitrogens is 4. The van der Waals surface area contributed by atoms with Gasteiger partial charge in [-0.3, -0.25) is 20.2 Å². The molecule has 0 aromatic carbocycles. The second kappa shape index (κ2) is 5.78. The van der Waals surface area contributed by atoms with E-state index in [2.05, 4.69) is 20.6 Å². The van der Waals surface area contributed by atoms with Gasteiger partial charge in [0.1, 0.15) is 0 Å². The molecule has 18 heteroatoms. The first-order valence-corrected chi connectivity index (χ1v) is 5.40. The van der Waals surface area contributed by atoms with Crippen molar-refractivity contribution in [3.8, 4) is 0 Å². The lowest BCUT2D eigenvalue weighted by Crippen LogP contribution is -1.96. The molecule has 0 aliphatic rings. The molecule has 0 amide bonds. The van der Waals surface area contributed by atoms with Gasteiger partial charge in [0, 0.05) is 0 Å². The summed E-state index contributed by atoms with van der Waals surface area (Å²) in [7, 11) is 0. The molecule has 18 nitrogen and oxygen atoms in total. The summed E-state index contributed by atoms with van der Waals surface area (Å²) in [6, 6.07) is 0. The average molecular weight is 342 g/mol. The third kappa shape index (κ3) is 2.95. The first kappa shape index (κ1) is 16.0. The number of rotatable bonds is 6. The molecule has 0 aliphatic carbocycles. The van der Waals surface area contributed by atoms with Crippen LogP contribution in [-0.4, -0.2) is 39.5 Å². The molecule has 0 bridgehead atoms. The molecule has 0 unspecified atom stereocenters. The van der Waals surface area contributed by atoms with Gasteiger partial charge in [-0.1, -0.05) is 0 Å². The van der Waals surface area contributed by atoms with Crippen LogP contribution in [0.3, 0.4) is 0 Å². The van der Waals surface area contributed by atoms with Crippen LogP contribution in [0.25, 0.3) is 0 Å². The lowest BCUT2D eigenvalue weighted by molar-refractivity contribution is -0.424. The van der Waals surface area contributed by atoms with Gasteiger partial charge in [0.15, 0.2) is 12.4 Å². The highest BCUT2D eigenvalue weighted by molar-refractivity contribution is 5.44. The maximum atomic E-state index is 10.6. The van der Waals surface area contributed by atoms with Gasteiger partial charge in [-0.2, -0.15) is 0 Å². The van der Waals surface area contributed by atoms with Crippen molar-refractivity contribution in [2.45, 2.75) is 0 Å². The second-order valence-electron chi connectivity index (χ2n) is 3.72. The number of hydrogen-bond acceptors (Lipinski definition) is 12. The van der Waals surface area contributed by atoms with E-state index in [0.29, 0.717) is 22.0 Å². The Balaban J connectivity index is 2.38. The molecule has 0 atom stereocenters. The van der Waals surface area contributed by atoms with Gasteiger partial charge in [0.25, 0.3) is 0 Å². The maximum Gasteiger partial charge on any atom is 0.470 e. The Bertz CT molecular complexity index is 758. The minimum absolute atomic E-state index is 0.329. The molecule has 0 saturated carbocycles. The van der Waals surface area contributed by atoms with Crippen LogP contribution in [0.1, 0.15) is 0 Å². The Kier molecular flexibility index (Phi) is 3.85. The minimum Gasteiger partial charge on any atom is -0.358 e. The van der Waals surface area contributed by atoms with Crippen LogP contribution < -0.4 is 0 Å². The Hall–Kier alpha value is -4.38. The smallest absolute Gasteiger partial charge is 0.358 e. The number of hydrogen-bond donors (Lipinski definition) is 0. The monoisotopic (exact) mass is 342 g/mol. The molecule has 0 spiro atoms. The first-order chi connectivity index (χ1) is 11.2. The van der Waals surface area contributed by atoms with E-state index in [0.717, 1.165) is 0 Å². The molecule has 2 heterocycles. The summed E-state index contributed by atoms with van der Waals surface area (Å²) >= 11 is 0. The van der Waals surface area contributed by atoms with E-state index in [1.807, 2.05) is 0 Å². The Morgan fingerprint density at radius 3 is 1.25 bits per heavy atom. The van der Waals surface area contributed by atoms with Crippen LogP contribution in [0.2, 0.25) is 0 Å². The lowest BCUT2D eigenvalue weighted by atomic mass is 10.5. The fraction of sp³-hybridized carbons (Fsp3) is 0. The van der Waals surface area contributed by atoms with Gasteiger partial charge in [-0.05, 0) is 29.9 Å². The van der Waals surface area contributed by atoms with Crippen molar-refractivity contribution in [3.05, 3.63) is 52.9 Å². The van der Waals surface area contributed by atoms with E-state index in [1.165, 1.54) is 0 Å². The van der Waals surface area contributed by atoms with Crippen LogP contribution in [0.4, 0.5) is 23.0 Å². The highest BCUT2D eigenvalue weighted by Gasteiger charge is 2.32. The molecular weight excluding hydrogens is 340 g/mol. The highest BCUT2D eigenvalue weighted by atomic mass is 16.6. The molecule has 0 N–H and O–H groups in total. The quantitative estimate of drug-likeness (QED) is 0.397. The van der Waals surface area contributed by atoms with Crippen molar-refractivity contribution in [1.82, 2.24) is 19.8 Å². The maximum absolute atomic E-state index is 10.6. The van der Waals surface area contributed by atoms with Crippen LogP contribution in [-0.2, 0) is 0 Å². The minimum atomic E-state index is -1.13. The van der Waals surface area contributed by atoms with Gasteiger partial charge in [0.05, 0.1) is 20.0 Å². The van der Waals surface area contributed by atoms with E-state index in [-0.39, 0.29) is 0 Å². The Morgan fingerprint density at radius 2 is 1.04 bits per heavy atom. The standard InChI is InChI=1S/C6H2N10O8/c17-13(18)3-1-11(7-5(3)15(21)22)9-10-12-2-4(14(19)20)6(8-12)16(23)24/h1-2H/b10-9+. The first-order valence-electron chi connectivity index (χ1n) is 5.40. The summed E-state index contributed by atoms with van der Waals surface area (Å²) in [6.45, 7) is 0. The fourth-order valence-electron chi connectivity index (χ4n) is 1.38. The van der Waals surface area contributed by atoms with Crippen molar-refractivity contribution in [1.29, 1.82) is 0 Å². The van der Waals surface area contributed by atoms with E-state index in [4.69, 9.17) is 0 Å². The van der Waals surface area contributed by atoms with Gasteiger partial charge in [-0.15, -0.1) is 0 Å². The molecule has 0 radical (unpaired) electrons. The summed E-state index contributed by atoms with van der Waals surface area (Å²) in [5.74, 6) is -2.23. The zero-order valence-corrected chi connectivity index (χ0v) is 10.9. The molecule has 0 fully saturated rings. The highest BCUT2D eigenvalue weighted by Crippen LogP contribution is 2.25. The number of nitrogens with zero attached hydrogens (tertiary/aromatic N) is 10. The predicted octanol–water partition coefficient (Wildman–Crippen LogP) is 0.391. The van der Waals surface area contributed by atoms with Crippen molar-refractivity contribution in [3.63, 3.8) is 0 Å². The van der Waals surface area contributed by atoms with E-state index < -0.39 is 42.7 Å². The van der Waals surface area contributed by atoms with E-state index in [1.54, 1.807) is 0 Å². The Labute approximate surface area is 127 Å². The molecule has 2 aromatic rings. The van der Waals surface area contributed by atoms with Crippen LogP contribution in [0.15, 0.2) is 22.8 Å². The molecule has 2 rings (SSSR count). The average Bonchev–Trinajstić information content (AvgIpc) is 3.09. The van der Waals surface area contributed by atoms with Crippen molar-refractivity contribution in [2.75, 3.05) is 0 Å². The van der Waals surface area contributed by atoms with Crippen molar-refractivity contribution >= 4 is 23.0 Å². The normalized spacial score (nSPS) is 10.8. The molecule has 0 aliphatic heterocycles. The zero-order valence-electron chi connectivity index (χ0n) is 10.9. The van der Waals surface area contributed by atoms with Crippen LogP contribution in [0, 0.1) is 40.5 Å². The van der Waals surface area contributed by atoms with E-state index >= 15 is 0 Å². The second-order valence-corrected chi connectivity index (χ2v) is 3.72. The summed E-state index contributed by atoms with van der Waals surface area (Å²) < 4.78 is 0. The van der Waals surface area contributed by atoms with E-state index in [9.17, 15) is 40.5 Å². The molecule has 0 saturated heterocycles. The predicted molar refractivity (Wildman–Crippen MR) is 66.7 cm³/mol. The van der Waals surface area contributed by atoms with Gasteiger partial charge < -0.3 is 20.2 Å². The summed E-state index contributed by atoms with van der Waals surface area (Å²) in [5, 5.41) is 55.1. The lowest BCUT2D eigenvalue weighted by Gasteiger charge is -1.85. The molecule has 2 aromatic heterocycles. The molecular formula is C6H2N10O8. The van der Waals surface area contributed by atoms with Crippen molar-refractivity contribution < 1.29 is 19.7 Å². The van der Waals surface area contributed by atoms with Crippen molar-refractivity contribution in [2.24, 2.45) is 10.4 Å². The largest absolute Gasteiger partial charge is 0.470 e. The topological polar surface area (TPSA) is 233 Å². The summed E-state index contributed by atoms with van der Waals surface area (Å²) in [6.07, 6.45) is 1.10. The van der Waals surface area contributed by atoms with Gasteiger partial charge >= 0.3 is 23.0 Å². The van der Waals surface area contributed by atoms with Gasteiger partial charge in [-0.25, -0.2) is 0 Å². The Morgan fingerprint density at radius 1 is 0.708 bits per heavy atom.